The highest BCUT2D eigenvalue weighted by molar-refractivity contribution is 5.47. The quantitative estimate of drug-likeness (QED) is 0.892. The fourth-order valence-electron chi connectivity index (χ4n) is 2.63. The summed E-state index contributed by atoms with van der Waals surface area (Å²) < 4.78 is 26.1. The zero-order chi connectivity index (χ0) is 13.1. The van der Waals surface area contributed by atoms with Gasteiger partial charge in [-0.3, -0.25) is 0 Å². The van der Waals surface area contributed by atoms with Gasteiger partial charge in [0.15, 0.2) is 11.6 Å². The van der Waals surface area contributed by atoms with Crippen molar-refractivity contribution >= 4 is 5.69 Å². The second-order valence-electron chi connectivity index (χ2n) is 4.97. The van der Waals surface area contributed by atoms with Crippen LogP contribution in [0.1, 0.15) is 20.3 Å². The van der Waals surface area contributed by atoms with Crippen molar-refractivity contribution in [3.8, 4) is 0 Å². The predicted molar refractivity (Wildman–Crippen MR) is 69.8 cm³/mol. The molecule has 1 fully saturated rings. The number of hydrogen-bond acceptors (Lipinski definition) is 2. The van der Waals surface area contributed by atoms with E-state index in [1.54, 1.807) is 6.07 Å². The van der Waals surface area contributed by atoms with Gasteiger partial charge in [-0.2, -0.15) is 0 Å². The topological polar surface area (TPSA) is 15.3 Å². The molecule has 0 radical (unpaired) electrons. The Labute approximate surface area is 107 Å². The highest BCUT2D eigenvalue weighted by Gasteiger charge is 2.25. The molecule has 0 aromatic heterocycles. The van der Waals surface area contributed by atoms with Crippen LogP contribution in [0.2, 0.25) is 0 Å². The third-order valence-electron chi connectivity index (χ3n) is 3.64. The number of benzene rings is 1. The van der Waals surface area contributed by atoms with Crippen molar-refractivity contribution in [1.29, 1.82) is 0 Å². The van der Waals surface area contributed by atoms with E-state index in [4.69, 9.17) is 0 Å². The number of hydrogen-bond donors (Lipinski definition) is 1. The fourth-order valence-corrected chi connectivity index (χ4v) is 2.63. The van der Waals surface area contributed by atoms with Gasteiger partial charge in [0.05, 0.1) is 0 Å². The minimum atomic E-state index is -0.783. The summed E-state index contributed by atoms with van der Waals surface area (Å²) in [5, 5.41) is 3.47. The van der Waals surface area contributed by atoms with Crippen molar-refractivity contribution in [1.82, 2.24) is 5.32 Å². The van der Waals surface area contributed by atoms with Crippen molar-refractivity contribution in [2.24, 2.45) is 5.92 Å². The first kappa shape index (κ1) is 13.3. The van der Waals surface area contributed by atoms with Crippen LogP contribution in [-0.2, 0) is 0 Å². The lowest BCUT2D eigenvalue weighted by molar-refractivity contribution is 0.326. The van der Waals surface area contributed by atoms with Crippen LogP contribution in [0.5, 0.6) is 0 Å². The first-order valence-electron chi connectivity index (χ1n) is 6.55. The van der Waals surface area contributed by atoms with Crippen molar-refractivity contribution in [2.75, 3.05) is 24.5 Å². The minimum absolute atomic E-state index is 0.506. The molecule has 4 heteroatoms. The summed E-state index contributed by atoms with van der Waals surface area (Å²) in [6.07, 6.45) is 1.04. The standard InChI is InChI=1S/C14H20F2N2/c1-3-17-14-6-7-18(9-10(14)2)11-4-5-12(15)13(16)8-11/h4-5,8,10,14,17H,3,6-7,9H2,1-2H3. The largest absolute Gasteiger partial charge is 0.371 e. The summed E-state index contributed by atoms with van der Waals surface area (Å²) in [6.45, 7) is 7.03. The third kappa shape index (κ3) is 2.80. The van der Waals surface area contributed by atoms with Crippen LogP contribution in [0.25, 0.3) is 0 Å². The molecular weight excluding hydrogens is 234 g/mol. The Kier molecular flexibility index (Phi) is 4.17. The molecule has 2 unspecified atom stereocenters. The summed E-state index contributed by atoms with van der Waals surface area (Å²) in [5.41, 5.74) is 0.774. The van der Waals surface area contributed by atoms with Crippen LogP contribution in [0.4, 0.5) is 14.5 Å². The molecular formula is C14H20F2N2. The van der Waals surface area contributed by atoms with Gasteiger partial charge in [0.1, 0.15) is 0 Å². The molecule has 1 aliphatic rings. The highest BCUT2D eigenvalue weighted by atomic mass is 19.2. The second kappa shape index (κ2) is 5.65. The average Bonchev–Trinajstić information content (AvgIpc) is 2.35. The molecule has 1 heterocycles. The van der Waals surface area contributed by atoms with E-state index >= 15 is 0 Å². The molecule has 100 valence electrons. The Morgan fingerprint density at radius 2 is 2.11 bits per heavy atom. The predicted octanol–water partition coefficient (Wildman–Crippen LogP) is 2.79. The molecule has 1 aromatic rings. The molecule has 0 spiro atoms. The Balaban J connectivity index is 2.05. The smallest absolute Gasteiger partial charge is 0.160 e. The van der Waals surface area contributed by atoms with Gasteiger partial charge in [-0.1, -0.05) is 13.8 Å². The van der Waals surface area contributed by atoms with E-state index in [9.17, 15) is 8.78 Å². The summed E-state index contributed by atoms with van der Waals surface area (Å²) in [7, 11) is 0. The number of rotatable bonds is 3. The van der Waals surface area contributed by atoms with Crippen molar-refractivity contribution < 1.29 is 8.78 Å². The van der Waals surface area contributed by atoms with Crippen molar-refractivity contribution in [3.63, 3.8) is 0 Å². The molecule has 2 nitrogen and oxygen atoms in total. The fraction of sp³-hybridized carbons (Fsp3) is 0.571. The number of halogens is 2. The molecule has 1 aliphatic heterocycles. The van der Waals surface area contributed by atoms with E-state index in [0.717, 1.165) is 31.7 Å². The van der Waals surface area contributed by atoms with Gasteiger partial charge in [-0.15, -0.1) is 0 Å². The monoisotopic (exact) mass is 254 g/mol. The molecule has 18 heavy (non-hydrogen) atoms. The van der Waals surface area contributed by atoms with Gasteiger partial charge in [0.25, 0.3) is 0 Å². The van der Waals surface area contributed by atoms with E-state index in [1.807, 2.05) is 0 Å². The highest BCUT2D eigenvalue weighted by Crippen LogP contribution is 2.24. The van der Waals surface area contributed by atoms with Gasteiger partial charge < -0.3 is 10.2 Å². The number of nitrogens with one attached hydrogen (secondary N) is 1. The van der Waals surface area contributed by atoms with Crippen LogP contribution in [0, 0.1) is 17.6 Å². The van der Waals surface area contributed by atoms with Crippen LogP contribution >= 0.6 is 0 Å². The van der Waals surface area contributed by atoms with Gasteiger partial charge in [0, 0.05) is 30.9 Å². The maximum Gasteiger partial charge on any atom is 0.160 e. The summed E-state index contributed by atoms with van der Waals surface area (Å²) >= 11 is 0. The molecule has 0 saturated carbocycles. The van der Waals surface area contributed by atoms with Gasteiger partial charge in [-0.25, -0.2) is 8.78 Å². The van der Waals surface area contributed by atoms with Crippen molar-refractivity contribution in [2.45, 2.75) is 26.3 Å². The van der Waals surface area contributed by atoms with Crippen LogP contribution < -0.4 is 10.2 Å². The Bertz CT molecular complexity index is 409. The zero-order valence-electron chi connectivity index (χ0n) is 10.9. The summed E-state index contributed by atoms with van der Waals surface area (Å²) in [5.74, 6) is -1.05. The Hall–Kier alpha value is -1.16. The maximum atomic E-state index is 13.2. The van der Waals surface area contributed by atoms with Gasteiger partial charge in [0.2, 0.25) is 0 Å². The molecule has 2 atom stereocenters. The van der Waals surface area contributed by atoms with Crippen LogP contribution in [0.15, 0.2) is 18.2 Å². The maximum absolute atomic E-state index is 13.2. The number of anilines is 1. The lowest BCUT2D eigenvalue weighted by atomic mass is 9.93. The Morgan fingerprint density at radius 3 is 2.72 bits per heavy atom. The SMILES string of the molecule is CCNC1CCN(c2ccc(F)c(F)c2)CC1C. The molecule has 1 aromatic carbocycles. The van der Waals surface area contributed by atoms with Crippen LogP contribution in [-0.4, -0.2) is 25.7 Å². The van der Waals surface area contributed by atoms with Crippen LogP contribution in [0.3, 0.4) is 0 Å². The Morgan fingerprint density at radius 1 is 1.33 bits per heavy atom. The number of nitrogens with zero attached hydrogens (tertiary/aromatic N) is 1. The van der Waals surface area contributed by atoms with Crippen molar-refractivity contribution in [3.05, 3.63) is 29.8 Å². The first-order valence-corrected chi connectivity index (χ1v) is 6.55. The zero-order valence-corrected chi connectivity index (χ0v) is 10.9. The van der Waals surface area contributed by atoms with E-state index < -0.39 is 11.6 Å². The molecule has 0 aliphatic carbocycles. The molecule has 0 bridgehead atoms. The van der Waals surface area contributed by atoms with E-state index in [1.165, 1.54) is 12.1 Å². The third-order valence-corrected chi connectivity index (χ3v) is 3.64. The summed E-state index contributed by atoms with van der Waals surface area (Å²) in [6, 6.07) is 4.66. The molecule has 1 saturated heterocycles. The molecule has 2 rings (SSSR count). The second-order valence-corrected chi connectivity index (χ2v) is 4.97. The van der Waals surface area contributed by atoms with E-state index in [2.05, 4.69) is 24.1 Å². The van der Waals surface area contributed by atoms with Gasteiger partial charge in [-0.05, 0) is 31.0 Å². The lowest BCUT2D eigenvalue weighted by Crippen LogP contribution is -2.48. The lowest BCUT2D eigenvalue weighted by Gasteiger charge is -2.38. The molecule has 1 N–H and O–H groups in total. The normalized spacial score (nSPS) is 24.3. The van der Waals surface area contributed by atoms with Gasteiger partial charge >= 0.3 is 0 Å². The average molecular weight is 254 g/mol. The first-order chi connectivity index (χ1) is 8.61. The number of piperidine rings is 1. The molecule has 0 amide bonds. The minimum Gasteiger partial charge on any atom is -0.371 e. The van der Waals surface area contributed by atoms with E-state index in [0.29, 0.717) is 12.0 Å². The summed E-state index contributed by atoms with van der Waals surface area (Å²) in [4.78, 5) is 2.13. The van der Waals surface area contributed by atoms with E-state index in [-0.39, 0.29) is 0 Å².